The Morgan fingerprint density at radius 3 is 1.76 bits per heavy atom. The van der Waals surface area contributed by atoms with Crippen LogP contribution in [0.3, 0.4) is 0 Å². The molecule has 1 aromatic carbocycles. The minimum atomic E-state index is -0.588. The normalized spacial score (nSPS) is 23.8. The first-order valence-corrected chi connectivity index (χ1v) is 12.8. The average molecular weight is 521 g/mol. The average Bonchev–Trinajstić information content (AvgIpc) is 2.72. The van der Waals surface area contributed by atoms with Gasteiger partial charge in [-0.3, -0.25) is 5.32 Å². The zero-order valence-corrected chi connectivity index (χ0v) is 23.6. The lowest BCUT2D eigenvalue weighted by Crippen LogP contribution is -2.60. The molecule has 208 valence electrons. The van der Waals surface area contributed by atoms with Crippen LogP contribution in [-0.4, -0.2) is 67.1 Å². The molecule has 1 amide bonds. The minimum Gasteiger partial charge on any atom is -0.447 e. The lowest BCUT2D eigenvalue weighted by atomic mass is 9.80. The van der Waals surface area contributed by atoms with Crippen LogP contribution in [0.15, 0.2) is 18.2 Å². The van der Waals surface area contributed by atoms with E-state index in [1.807, 2.05) is 55.4 Å². The first-order valence-electron chi connectivity index (χ1n) is 12.8. The molecule has 4 N–H and O–H groups in total. The van der Waals surface area contributed by atoms with Crippen LogP contribution < -0.4 is 10.1 Å². The number of carbonyl (C=O) groups excluding carboxylic acids is 1. The molecule has 3 rings (SSSR count). The van der Waals surface area contributed by atoms with Crippen molar-refractivity contribution in [3.8, 4) is 5.75 Å². The maximum atomic E-state index is 12.7. The van der Waals surface area contributed by atoms with Crippen LogP contribution in [0.5, 0.6) is 5.75 Å². The first-order chi connectivity index (χ1) is 16.8. The minimum absolute atomic E-state index is 0.295. The number of rotatable bonds is 4. The predicted molar refractivity (Wildman–Crippen MR) is 140 cm³/mol. The molecule has 0 radical (unpaired) electrons. The van der Waals surface area contributed by atoms with E-state index < -0.39 is 28.2 Å². The third-order valence-corrected chi connectivity index (χ3v) is 7.47. The number of carbonyl (C=O) groups is 1. The van der Waals surface area contributed by atoms with Gasteiger partial charge < -0.3 is 24.6 Å². The Kier molecular flexibility index (Phi) is 7.92. The van der Waals surface area contributed by atoms with E-state index in [4.69, 9.17) is 19.6 Å². The number of amides is 1. The van der Waals surface area contributed by atoms with Gasteiger partial charge in [0.2, 0.25) is 0 Å². The monoisotopic (exact) mass is 520 g/mol. The van der Waals surface area contributed by atoms with E-state index in [0.717, 1.165) is 0 Å². The molecule has 2 saturated heterocycles. The van der Waals surface area contributed by atoms with Gasteiger partial charge in [0, 0.05) is 53.4 Å². The lowest BCUT2D eigenvalue weighted by Gasteiger charge is -2.50. The van der Waals surface area contributed by atoms with E-state index >= 15 is 0 Å². The Hall–Kier alpha value is -2.40. The van der Waals surface area contributed by atoms with Gasteiger partial charge in [-0.2, -0.15) is 10.1 Å². The molecular formula is C27H44N4O6. The predicted octanol–water partition coefficient (Wildman–Crippen LogP) is 5.70. The number of nitrogens with one attached hydrogen (secondary N) is 2. The Morgan fingerprint density at radius 1 is 0.865 bits per heavy atom. The summed E-state index contributed by atoms with van der Waals surface area (Å²) in [4.78, 5) is 12.7. The quantitative estimate of drug-likeness (QED) is 0.294. The van der Waals surface area contributed by atoms with Crippen molar-refractivity contribution in [2.45, 2.75) is 122 Å². The molecule has 0 spiro atoms. The topological polar surface area (TPSA) is 128 Å². The highest BCUT2D eigenvalue weighted by Gasteiger charge is 2.47. The van der Waals surface area contributed by atoms with Crippen molar-refractivity contribution in [2.75, 3.05) is 5.32 Å². The molecule has 2 fully saturated rings. The summed E-state index contributed by atoms with van der Waals surface area (Å²) in [6, 6.07) is 5.16. The molecule has 2 heterocycles. The molecule has 10 heteroatoms. The number of nitrogens with zero attached hydrogens (tertiary/aromatic N) is 2. The molecule has 2 aliphatic heterocycles. The molecule has 2 aliphatic rings. The number of hydrogen-bond donors (Lipinski definition) is 4. The molecule has 0 unspecified atom stereocenters. The fourth-order valence-corrected chi connectivity index (χ4v) is 5.95. The van der Waals surface area contributed by atoms with Gasteiger partial charge in [-0.25, -0.2) is 10.2 Å². The van der Waals surface area contributed by atoms with E-state index in [1.165, 1.54) is 10.1 Å². The van der Waals surface area contributed by atoms with Crippen LogP contribution in [0.4, 0.5) is 10.5 Å². The summed E-state index contributed by atoms with van der Waals surface area (Å²) < 4.78 is 17.3. The molecule has 0 atom stereocenters. The van der Waals surface area contributed by atoms with Crippen molar-refractivity contribution in [1.29, 1.82) is 5.41 Å². The number of ether oxygens (including phenoxy) is 3. The van der Waals surface area contributed by atoms with E-state index in [-0.39, 0.29) is 18.3 Å². The summed E-state index contributed by atoms with van der Waals surface area (Å²) in [5.74, 6) is 0.386. The third kappa shape index (κ3) is 6.54. The van der Waals surface area contributed by atoms with Crippen LogP contribution in [0, 0.1) is 12.3 Å². The molecule has 10 nitrogen and oxygen atoms in total. The highest BCUT2D eigenvalue weighted by Crippen LogP contribution is 2.39. The summed E-state index contributed by atoms with van der Waals surface area (Å²) in [6.07, 6.45) is 0.493. The van der Waals surface area contributed by atoms with Crippen LogP contribution in [0.2, 0.25) is 0 Å². The van der Waals surface area contributed by atoms with Gasteiger partial charge in [-0.1, -0.05) is 6.07 Å². The molecular weight excluding hydrogens is 476 g/mol. The van der Waals surface area contributed by atoms with E-state index in [2.05, 4.69) is 5.32 Å². The number of hydrogen-bond acceptors (Lipinski definition) is 9. The van der Waals surface area contributed by atoms with Gasteiger partial charge in [0.1, 0.15) is 18.0 Å². The van der Waals surface area contributed by atoms with Crippen LogP contribution in [-0.2, 0) is 9.47 Å². The second-order valence-electron chi connectivity index (χ2n) is 12.9. The van der Waals surface area contributed by atoms with Crippen molar-refractivity contribution < 1.29 is 29.4 Å². The van der Waals surface area contributed by atoms with Crippen LogP contribution in [0.25, 0.3) is 0 Å². The second kappa shape index (κ2) is 10.1. The summed E-state index contributed by atoms with van der Waals surface area (Å²) in [5, 5.41) is 34.7. The number of anilines is 1. The van der Waals surface area contributed by atoms with Crippen molar-refractivity contribution in [3.05, 3.63) is 23.8 Å². The number of benzene rings is 1. The molecule has 0 aliphatic carbocycles. The van der Waals surface area contributed by atoms with Gasteiger partial charge in [0.15, 0.2) is 0 Å². The third-order valence-electron chi connectivity index (χ3n) is 7.47. The van der Waals surface area contributed by atoms with Crippen molar-refractivity contribution in [2.24, 2.45) is 0 Å². The van der Waals surface area contributed by atoms with Crippen LogP contribution in [0.1, 0.15) is 86.6 Å². The van der Waals surface area contributed by atoms with Gasteiger partial charge in [0.05, 0.1) is 5.69 Å². The molecule has 0 saturated carbocycles. The van der Waals surface area contributed by atoms with Gasteiger partial charge in [0.25, 0.3) is 0 Å². The van der Waals surface area contributed by atoms with Gasteiger partial charge >= 0.3 is 12.2 Å². The Balaban J connectivity index is 1.62. The number of hydroxylamine groups is 4. The molecule has 1 aromatic rings. The van der Waals surface area contributed by atoms with E-state index in [0.29, 0.717) is 42.7 Å². The van der Waals surface area contributed by atoms with Crippen LogP contribution >= 0.6 is 0 Å². The van der Waals surface area contributed by atoms with E-state index in [1.54, 1.807) is 25.1 Å². The summed E-state index contributed by atoms with van der Waals surface area (Å²) in [7, 11) is 0. The molecule has 0 bridgehead atoms. The highest BCUT2D eigenvalue weighted by molar-refractivity contribution is 5.86. The van der Waals surface area contributed by atoms with Crippen molar-refractivity contribution in [3.63, 3.8) is 0 Å². The van der Waals surface area contributed by atoms with Crippen molar-refractivity contribution in [1.82, 2.24) is 10.1 Å². The van der Waals surface area contributed by atoms with E-state index in [9.17, 15) is 15.2 Å². The van der Waals surface area contributed by atoms with Gasteiger partial charge in [-0.05, 0) is 74.4 Å². The number of piperidine rings is 2. The maximum Gasteiger partial charge on any atom is 0.411 e. The summed E-state index contributed by atoms with van der Waals surface area (Å²) >= 11 is 0. The fourth-order valence-electron chi connectivity index (χ4n) is 5.95. The smallest absolute Gasteiger partial charge is 0.411 e. The molecule has 37 heavy (non-hydrogen) atoms. The van der Waals surface area contributed by atoms with Crippen molar-refractivity contribution >= 4 is 17.9 Å². The maximum absolute atomic E-state index is 12.7. The summed E-state index contributed by atoms with van der Waals surface area (Å²) in [5.41, 5.74) is -0.950. The Labute approximate surface area is 220 Å². The first kappa shape index (κ1) is 29.2. The SMILES string of the molecule is Cc1c(NC(=O)OC2CC(C)(C)N(O)C(C)(C)C2)cccc1OC(=N)OC1CC(C)(C)N(O)C(C)(C)C1. The Bertz CT molecular complexity index is 910. The standard InChI is InChI=1S/C27H44N4O6/c1-17-20(29-23(32)36-19-15-26(6,7)31(34)27(8,9)16-19)11-10-12-21(17)37-22(28)35-18-13-24(2,3)30(33)25(4,5)14-18/h10-12,18-19,28,33-34H,13-16H2,1-9H3,(H,29,32). The van der Waals surface area contributed by atoms with Gasteiger partial charge in [-0.15, -0.1) is 0 Å². The second-order valence-corrected chi connectivity index (χ2v) is 12.9. The Morgan fingerprint density at radius 2 is 1.30 bits per heavy atom. The lowest BCUT2D eigenvalue weighted by molar-refractivity contribution is -0.256. The highest BCUT2D eigenvalue weighted by atomic mass is 16.7. The summed E-state index contributed by atoms with van der Waals surface area (Å²) in [6.45, 7) is 17.2. The zero-order chi connectivity index (χ0) is 28.0. The fraction of sp³-hybridized carbons (Fsp3) is 0.704. The molecule has 0 aromatic heterocycles. The zero-order valence-electron chi connectivity index (χ0n) is 23.6. The largest absolute Gasteiger partial charge is 0.447 e.